The van der Waals surface area contributed by atoms with Gasteiger partial charge in [0.25, 0.3) is 0 Å². The lowest BCUT2D eigenvalue weighted by atomic mass is 9.94. The molecule has 0 fully saturated rings. The summed E-state index contributed by atoms with van der Waals surface area (Å²) in [7, 11) is 0. The van der Waals surface area contributed by atoms with E-state index < -0.39 is 12.1 Å². The first-order chi connectivity index (χ1) is 15.4. The van der Waals surface area contributed by atoms with E-state index in [1.54, 1.807) is 0 Å². The van der Waals surface area contributed by atoms with Crippen molar-refractivity contribution < 1.29 is 14.6 Å². The zero-order chi connectivity index (χ0) is 22.7. The van der Waals surface area contributed by atoms with Gasteiger partial charge in [0.1, 0.15) is 5.75 Å². The van der Waals surface area contributed by atoms with E-state index in [2.05, 4.69) is 80.6 Å². The number of rotatable bonds is 6. The van der Waals surface area contributed by atoms with Crippen molar-refractivity contribution in [3.63, 3.8) is 0 Å². The predicted octanol–water partition coefficient (Wildman–Crippen LogP) is 7.16. The smallest absolute Gasteiger partial charge is 0.344 e. The second-order valence-electron chi connectivity index (χ2n) is 8.10. The van der Waals surface area contributed by atoms with Crippen molar-refractivity contribution >= 4 is 5.97 Å². The predicted molar refractivity (Wildman–Crippen MR) is 130 cm³/mol. The van der Waals surface area contributed by atoms with Crippen LogP contribution in [0.1, 0.15) is 18.1 Å². The van der Waals surface area contributed by atoms with Crippen LogP contribution in [-0.4, -0.2) is 17.2 Å². The van der Waals surface area contributed by atoms with Gasteiger partial charge in [-0.15, -0.1) is 0 Å². The van der Waals surface area contributed by atoms with Crippen LogP contribution in [-0.2, 0) is 4.79 Å². The molecule has 0 aromatic heterocycles. The first-order valence-electron chi connectivity index (χ1n) is 10.7. The Balaban J connectivity index is 1.53. The highest BCUT2D eigenvalue weighted by Crippen LogP contribution is 2.31. The number of carboxylic acids is 1. The second-order valence-corrected chi connectivity index (χ2v) is 8.10. The minimum atomic E-state index is -0.979. The molecule has 0 amide bonds. The highest BCUT2D eigenvalue weighted by molar-refractivity contribution is 5.76. The Morgan fingerprint density at radius 1 is 0.688 bits per heavy atom. The van der Waals surface area contributed by atoms with Crippen molar-refractivity contribution in [3.05, 3.63) is 102 Å². The summed E-state index contributed by atoms with van der Waals surface area (Å²) in [6.45, 7) is 5.73. The number of aliphatic carboxylic acids is 1. The van der Waals surface area contributed by atoms with Gasteiger partial charge in [0.05, 0.1) is 0 Å². The molecule has 0 aliphatic heterocycles. The summed E-state index contributed by atoms with van der Waals surface area (Å²) in [5, 5.41) is 8.99. The molecule has 0 heterocycles. The summed E-state index contributed by atoms with van der Waals surface area (Å²) in [6.07, 6.45) is -0.876. The van der Waals surface area contributed by atoms with Crippen molar-refractivity contribution in [1.82, 2.24) is 0 Å². The lowest BCUT2D eigenvalue weighted by molar-refractivity contribution is -0.144. The van der Waals surface area contributed by atoms with Crippen LogP contribution >= 0.6 is 0 Å². The zero-order valence-electron chi connectivity index (χ0n) is 18.5. The standard InChI is InChI=1S/C29H26O3/c1-19-4-6-22(7-5-19)23-8-10-24(11-9-23)26-14-17-28(20(2)18-26)25-12-15-27(16-13-25)32-21(3)29(30)31/h4-18,21H,1-3H3,(H,30,31)/t21-/m0/s1. The summed E-state index contributed by atoms with van der Waals surface area (Å²) in [5.74, 6) is -0.431. The van der Waals surface area contributed by atoms with E-state index in [4.69, 9.17) is 9.84 Å². The molecule has 0 unspecified atom stereocenters. The molecule has 0 aliphatic carbocycles. The molecule has 3 heteroatoms. The maximum atomic E-state index is 11.0. The van der Waals surface area contributed by atoms with E-state index in [1.165, 1.54) is 40.3 Å². The molecule has 3 nitrogen and oxygen atoms in total. The SMILES string of the molecule is Cc1ccc(-c2ccc(-c3ccc(-c4ccc(O[C@@H](C)C(=O)O)cc4)c(C)c3)cc2)cc1. The number of carboxylic acid groups (broad SMARTS) is 1. The fraction of sp³-hybridized carbons (Fsp3) is 0.138. The van der Waals surface area contributed by atoms with Gasteiger partial charge in [0, 0.05) is 0 Å². The maximum absolute atomic E-state index is 11.0. The van der Waals surface area contributed by atoms with Gasteiger partial charge in [-0.25, -0.2) is 4.79 Å². The van der Waals surface area contributed by atoms with Gasteiger partial charge < -0.3 is 9.84 Å². The van der Waals surface area contributed by atoms with E-state index in [0.29, 0.717) is 5.75 Å². The Kier molecular flexibility index (Phi) is 6.09. The Bertz CT molecular complexity index is 1220. The number of hydrogen-bond donors (Lipinski definition) is 1. The first-order valence-corrected chi connectivity index (χ1v) is 10.7. The molecule has 0 radical (unpaired) electrons. The van der Waals surface area contributed by atoms with Crippen LogP contribution in [0.25, 0.3) is 33.4 Å². The Morgan fingerprint density at radius 2 is 1.16 bits per heavy atom. The molecule has 32 heavy (non-hydrogen) atoms. The highest BCUT2D eigenvalue weighted by Gasteiger charge is 2.12. The summed E-state index contributed by atoms with van der Waals surface area (Å²) < 4.78 is 5.42. The maximum Gasteiger partial charge on any atom is 0.344 e. The number of hydrogen-bond acceptors (Lipinski definition) is 2. The van der Waals surface area contributed by atoms with Crippen molar-refractivity contribution in [2.75, 3.05) is 0 Å². The third-order valence-corrected chi connectivity index (χ3v) is 5.66. The monoisotopic (exact) mass is 422 g/mol. The molecule has 4 aromatic rings. The highest BCUT2D eigenvalue weighted by atomic mass is 16.5. The van der Waals surface area contributed by atoms with Gasteiger partial charge in [-0.3, -0.25) is 0 Å². The Morgan fingerprint density at radius 3 is 1.69 bits per heavy atom. The summed E-state index contributed by atoms with van der Waals surface area (Å²) in [6, 6.07) is 31.3. The summed E-state index contributed by atoms with van der Waals surface area (Å²) in [4.78, 5) is 11.0. The molecule has 0 saturated heterocycles. The summed E-state index contributed by atoms with van der Waals surface area (Å²) in [5.41, 5.74) is 9.44. The van der Waals surface area contributed by atoms with Crippen LogP contribution in [0, 0.1) is 13.8 Å². The molecule has 1 N–H and O–H groups in total. The van der Waals surface area contributed by atoms with E-state index in [0.717, 1.165) is 11.1 Å². The number of ether oxygens (including phenoxy) is 1. The minimum absolute atomic E-state index is 0.548. The third-order valence-electron chi connectivity index (χ3n) is 5.66. The topological polar surface area (TPSA) is 46.5 Å². The van der Waals surface area contributed by atoms with Crippen LogP contribution in [0.4, 0.5) is 0 Å². The van der Waals surface area contributed by atoms with Gasteiger partial charge in [-0.2, -0.15) is 0 Å². The number of aryl methyl sites for hydroxylation is 2. The lowest BCUT2D eigenvalue weighted by Gasteiger charge is -2.13. The molecule has 0 saturated carbocycles. The minimum Gasteiger partial charge on any atom is -0.479 e. The molecular formula is C29H26O3. The molecular weight excluding hydrogens is 396 g/mol. The van der Waals surface area contributed by atoms with Crippen molar-refractivity contribution in [2.45, 2.75) is 26.9 Å². The van der Waals surface area contributed by atoms with Crippen LogP contribution in [0.3, 0.4) is 0 Å². The van der Waals surface area contributed by atoms with Crippen LogP contribution in [0.15, 0.2) is 91.0 Å². The largest absolute Gasteiger partial charge is 0.479 e. The van der Waals surface area contributed by atoms with Crippen molar-refractivity contribution in [2.24, 2.45) is 0 Å². The van der Waals surface area contributed by atoms with E-state index in [-0.39, 0.29) is 0 Å². The zero-order valence-corrected chi connectivity index (χ0v) is 18.5. The second kappa shape index (κ2) is 9.11. The summed E-state index contributed by atoms with van der Waals surface area (Å²) >= 11 is 0. The van der Waals surface area contributed by atoms with Gasteiger partial charge in [0.2, 0.25) is 0 Å². The average molecular weight is 423 g/mol. The van der Waals surface area contributed by atoms with Crippen molar-refractivity contribution in [1.29, 1.82) is 0 Å². The third kappa shape index (κ3) is 4.73. The van der Waals surface area contributed by atoms with Crippen LogP contribution < -0.4 is 4.74 Å². The normalized spacial score (nSPS) is 11.7. The molecule has 160 valence electrons. The molecule has 0 spiro atoms. The first kappa shape index (κ1) is 21.4. The molecule has 1 atom stereocenters. The van der Waals surface area contributed by atoms with Crippen LogP contribution in [0.2, 0.25) is 0 Å². The van der Waals surface area contributed by atoms with Gasteiger partial charge in [-0.05, 0) is 71.8 Å². The molecule has 0 aliphatic rings. The van der Waals surface area contributed by atoms with E-state index >= 15 is 0 Å². The van der Waals surface area contributed by atoms with Gasteiger partial charge >= 0.3 is 5.97 Å². The number of benzene rings is 4. The fourth-order valence-electron chi connectivity index (χ4n) is 3.74. The van der Waals surface area contributed by atoms with Crippen molar-refractivity contribution in [3.8, 4) is 39.1 Å². The van der Waals surface area contributed by atoms with E-state index in [9.17, 15) is 4.79 Å². The van der Waals surface area contributed by atoms with E-state index in [1.807, 2.05) is 24.3 Å². The molecule has 4 aromatic carbocycles. The molecule has 0 bridgehead atoms. The average Bonchev–Trinajstić information content (AvgIpc) is 2.80. The fourth-order valence-corrected chi connectivity index (χ4v) is 3.74. The molecule has 4 rings (SSSR count). The quantitative estimate of drug-likeness (QED) is 0.359. The van der Waals surface area contributed by atoms with Crippen LogP contribution in [0.5, 0.6) is 5.75 Å². The lowest BCUT2D eigenvalue weighted by Crippen LogP contribution is -2.22. The Labute approximate surface area is 188 Å². The Hall–Kier alpha value is -3.85. The van der Waals surface area contributed by atoms with Gasteiger partial charge in [0.15, 0.2) is 6.10 Å². The van der Waals surface area contributed by atoms with Gasteiger partial charge in [-0.1, -0.05) is 84.4 Å². The number of carbonyl (C=O) groups is 1.